The fraction of sp³-hybridized carbons (Fsp3) is 0.583. The molecule has 4 N–H and O–H groups in total. The largest absolute Gasteiger partial charge is 0.448 e. The molecule has 2 heterocycles. The molecule has 19 heavy (non-hydrogen) atoms. The number of nitrogens with zero attached hydrogens (tertiary/aromatic N) is 2. The first-order valence-electron chi connectivity index (χ1n) is 6.43. The predicted molar refractivity (Wildman–Crippen MR) is 71.0 cm³/mol. The molecule has 0 bridgehead atoms. The van der Waals surface area contributed by atoms with Crippen molar-refractivity contribution in [2.45, 2.75) is 39.2 Å². The number of imidazole rings is 1. The van der Waals surface area contributed by atoms with E-state index in [0.29, 0.717) is 23.0 Å². The lowest BCUT2D eigenvalue weighted by atomic mass is 10.2. The summed E-state index contributed by atoms with van der Waals surface area (Å²) in [6.45, 7) is 4.15. The van der Waals surface area contributed by atoms with Crippen LogP contribution in [-0.4, -0.2) is 28.2 Å². The quantitative estimate of drug-likeness (QED) is 0.821. The number of H-pyrrole nitrogens is 2. The van der Waals surface area contributed by atoms with E-state index >= 15 is 0 Å². The van der Waals surface area contributed by atoms with Crippen LogP contribution in [0, 0.1) is 0 Å². The number of unbranched alkanes of at least 4 members (excludes halogenated alkanes) is 1. The molecule has 1 atom stereocenters. The van der Waals surface area contributed by atoms with Gasteiger partial charge in [-0.05, 0) is 18.3 Å². The van der Waals surface area contributed by atoms with Crippen LogP contribution < -0.4 is 20.2 Å². The number of anilines is 1. The Morgan fingerprint density at radius 3 is 2.89 bits per heavy atom. The zero-order chi connectivity index (χ0) is 13.8. The number of aromatic nitrogens is 4. The summed E-state index contributed by atoms with van der Waals surface area (Å²) in [6, 6.07) is 0.763. The standard InChI is InChI=1S/C12H19N5O2/c1-4-5-6-7(2)19-12-15-9(13)8-10(17-12)16-11(14-8)18-3/h7H,4-6H2,1-3H3,(H3,13,14,15,16,17)/p+1/t7-/m0/s1. The van der Waals surface area contributed by atoms with Crippen LogP contribution in [0.3, 0.4) is 0 Å². The number of rotatable bonds is 6. The molecule has 7 heteroatoms. The first kappa shape index (κ1) is 13.4. The monoisotopic (exact) mass is 266 g/mol. The van der Waals surface area contributed by atoms with E-state index in [1.54, 1.807) is 7.11 Å². The van der Waals surface area contributed by atoms with Crippen molar-refractivity contribution in [1.29, 1.82) is 0 Å². The van der Waals surface area contributed by atoms with Crippen molar-refractivity contribution in [3.05, 3.63) is 0 Å². The fourth-order valence-electron chi connectivity index (χ4n) is 1.81. The van der Waals surface area contributed by atoms with E-state index in [-0.39, 0.29) is 12.1 Å². The van der Waals surface area contributed by atoms with Gasteiger partial charge in [-0.25, -0.2) is 9.97 Å². The fourth-order valence-corrected chi connectivity index (χ4v) is 1.81. The molecule has 0 spiro atoms. The lowest BCUT2D eigenvalue weighted by Crippen LogP contribution is -2.15. The zero-order valence-corrected chi connectivity index (χ0v) is 11.5. The van der Waals surface area contributed by atoms with E-state index in [0.717, 1.165) is 19.3 Å². The molecule has 7 nitrogen and oxygen atoms in total. The molecule has 0 fully saturated rings. The van der Waals surface area contributed by atoms with E-state index < -0.39 is 0 Å². The molecular weight excluding hydrogens is 246 g/mol. The van der Waals surface area contributed by atoms with Gasteiger partial charge in [0, 0.05) is 0 Å². The Morgan fingerprint density at radius 1 is 1.42 bits per heavy atom. The summed E-state index contributed by atoms with van der Waals surface area (Å²) < 4.78 is 10.7. The van der Waals surface area contributed by atoms with E-state index in [2.05, 4.69) is 26.9 Å². The number of nitrogen functional groups attached to an aromatic ring is 1. The summed E-state index contributed by atoms with van der Waals surface area (Å²) in [6.07, 6.45) is 3.29. The van der Waals surface area contributed by atoms with Gasteiger partial charge in [0.05, 0.1) is 7.11 Å². The maximum Gasteiger partial charge on any atom is 0.397 e. The van der Waals surface area contributed by atoms with E-state index in [1.165, 1.54) is 0 Å². The first-order valence-corrected chi connectivity index (χ1v) is 6.43. The third-order valence-corrected chi connectivity index (χ3v) is 2.86. The number of ether oxygens (including phenoxy) is 2. The van der Waals surface area contributed by atoms with Gasteiger partial charge in [-0.15, -0.1) is 0 Å². The van der Waals surface area contributed by atoms with Gasteiger partial charge >= 0.3 is 17.7 Å². The van der Waals surface area contributed by atoms with Crippen LogP contribution >= 0.6 is 0 Å². The second-order valence-corrected chi connectivity index (χ2v) is 4.47. The van der Waals surface area contributed by atoms with Gasteiger partial charge in [0.15, 0.2) is 5.82 Å². The van der Waals surface area contributed by atoms with Gasteiger partial charge in [-0.2, -0.15) is 4.98 Å². The molecule has 0 radical (unpaired) electrons. The number of methoxy groups -OCH3 is 1. The summed E-state index contributed by atoms with van der Waals surface area (Å²) in [5, 5.41) is 0. The lowest BCUT2D eigenvalue weighted by Gasteiger charge is -2.10. The number of fused-ring (bicyclic) bond motifs is 1. The topological polar surface area (TPSA) is 100 Å². The summed E-state index contributed by atoms with van der Waals surface area (Å²) in [4.78, 5) is 14.3. The highest BCUT2D eigenvalue weighted by molar-refractivity contribution is 5.79. The summed E-state index contributed by atoms with van der Waals surface area (Å²) >= 11 is 0. The van der Waals surface area contributed by atoms with Crippen LogP contribution in [0.1, 0.15) is 33.1 Å². The minimum atomic E-state index is 0.0673. The molecule has 2 aromatic rings. The Kier molecular flexibility index (Phi) is 4.03. The smallest absolute Gasteiger partial charge is 0.397 e. The van der Waals surface area contributed by atoms with Crippen LogP contribution in [0.5, 0.6) is 12.0 Å². The average molecular weight is 266 g/mol. The van der Waals surface area contributed by atoms with E-state index in [9.17, 15) is 0 Å². The van der Waals surface area contributed by atoms with Crippen molar-refractivity contribution in [3.63, 3.8) is 0 Å². The van der Waals surface area contributed by atoms with Crippen LogP contribution in [0.25, 0.3) is 11.2 Å². The minimum absolute atomic E-state index is 0.0673. The van der Waals surface area contributed by atoms with Crippen LogP contribution in [0.15, 0.2) is 0 Å². The maximum absolute atomic E-state index is 5.86. The molecule has 0 saturated carbocycles. The van der Waals surface area contributed by atoms with Crippen LogP contribution in [0.2, 0.25) is 0 Å². The van der Waals surface area contributed by atoms with Crippen molar-refractivity contribution in [1.82, 2.24) is 15.0 Å². The molecule has 0 unspecified atom stereocenters. The SMILES string of the molecule is CCCC[C@H](C)Oc1nc(N)c2[nH]c(OC)[nH+]c2n1. The summed E-state index contributed by atoms with van der Waals surface area (Å²) in [5.74, 6) is 0.335. The van der Waals surface area contributed by atoms with Crippen molar-refractivity contribution in [2.75, 3.05) is 12.8 Å². The molecular formula is C12H20N5O2+. The van der Waals surface area contributed by atoms with Crippen molar-refractivity contribution < 1.29 is 14.5 Å². The highest BCUT2D eigenvalue weighted by Crippen LogP contribution is 2.19. The highest BCUT2D eigenvalue weighted by Gasteiger charge is 2.19. The third kappa shape index (κ3) is 3.04. The van der Waals surface area contributed by atoms with Gasteiger partial charge in [-0.1, -0.05) is 19.8 Å². The third-order valence-electron chi connectivity index (χ3n) is 2.86. The molecule has 0 aliphatic heterocycles. The summed E-state index contributed by atoms with van der Waals surface area (Å²) in [7, 11) is 1.55. The average Bonchev–Trinajstić information content (AvgIpc) is 2.80. The molecule has 0 saturated heterocycles. The second-order valence-electron chi connectivity index (χ2n) is 4.47. The van der Waals surface area contributed by atoms with Crippen LogP contribution in [-0.2, 0) is 0 Å². The minimum Gasteiger partial charge on any atom is -0.448 e. The number of nitrogens with two attached hydrogens (primary N) is 1. The molecule has 0 aromatic carbocycles. The first-order chi connectivity index (χ1) is 9.13. The number of hydrogen-bond donors (Lipinski definition) is 2. The van der Waals surface area contributed by atoms with E-state index in [1.807, 2.05) is 6.92 Å². The zero-order valence-electron chi connectivity index (χ0n) is 11.5. The number of nitrogens with one attached hydrogen (secondary N) is 2. The Morgan fingerprint density at radius 2 is 2.21 bits per heavy atom. The number of hydrogen-bond acceptors (Lipinski definition) is 5. The number of aromatic amines is 2. The predicted octanol–water partition coefficient (Wildman–Crippen LogP) is 1.32. The second kappa shape index (κ2) is 5.73. The van der Waals surface area contributed by atoms with Gasteiger partial charge in [-0.3, -0.25) is 0 Å². The van der Waals surface area contributed by atoms with Gasteiger partial charge in [0.2, 0.25) is 5.52 Å². The van der Waals surface area contributed by atoms with Crippen molar-refractivity contribution in [3.8, 4) is 12.0 Å². The van der Waals surface area contributed by atoms with E-state index in [4.69, 9.17) is 15.2 Å². The lowest BCUT2D eigenvalue weighted by molar-refractivity contribution is -0.364. The molecule has 104 valence electrons. The molecule has 0 aliphatic rings. The van der Waals surface area contributed by atoms with Crippen molar-refractivity contribution >= 4 is 17.0 Å². The van der Waals surface area contributed by atoms with Crippen LogP contribution in [0.4, 0.5) is 5.82 Å². The molecule has 0 amide bonds. The maximum atomic E-state index is 5.86. The highest BCUT2D eigenvalue weighted by atomic mass is 16.5. The molecule has 2 aromatic heterocycles. The molecule has 0 aliphatic carbocycles. The molecule has 2 rings (SSSR count). The van der Waals surface area contributed by atoms with Gasteiger partial charge in [0.25, 0.3) is 0 Å². The Balaban J connectivity index is 2.20. The summed E-state index contributed by atoms with van der Waals surface area (Å²) in [5.41, 5.74) is 7.05. The van der Waals surface area contributed by atoms with Gasteiger partial charge in [0.1, 0.15) is 6.10 Å². The van der Waals surface area contributed by atoms with Crippen molar-refractivity contribution in [2.24, 2.45) is 0 Å². The Hall–Kier alpha value is -2.05. The Bertz CT molecular complexity index is 554. The Labute approximate surface area is 111 Å². The van der Waals surface area contributed by atoms with Gasteiger partial charge < -0.3 is 15.2 Å². The normalized spacial score (nSPS) is 12.6.